The molecule has 2 aromatic heterocycles. The van der Waals surface area contributed by atoms with Crippen molar-refractivity contribution in [3.05, 3.63) is 72.1 Å². The van der Waals surface area contributed by atoms with Crippen molar-refractivity contribution in [2.75, 3.05) is 36.5 Å². The van der Waals surface area contributed by atoms with Gasteiger partial charge < -0.3 is 20.3 Å². The number of hydrogen-bond acceptors (Lipinski definition) is 7. The van der Waals surface area contributed by atoms with Crippen LogP contribution in [0.25, 0.3) is 16.9 Å². The second-order valence-corrected chi connectivity index (χ2v) is 11.8. The fourth-order valence-electron chi connectivity index (χ4n) is 5.90. The summed E-state index contributed by atoms with van der Waals surface area (Å²) in [5.74, 6) is 1.04. The van der Waals surface area contributed by atoms with Crippen molar-refractivity contribution in [2.24, 2.45) is 0 Å². The zero-order valence-corrected chi connectivity index (χ0v) is 24.5. The highest BCUT2D eigenvalue weighted by Gasteiger charge is 2.32. The topological polar surface area (TPSA) is 97.2 Å². The molecule has 2 fully saturated rings. The van der Waals surface area contributed by atoms with Crippen molar-refractivity contribution in [3.8, 4) is 5.82 Å². The zero-order valence-electron chi connectivity index (χ0n) is 24.5. The first kappa shape index (κ1) is 29.0. The van der Waals surface area contributed by atoms with Crippen molar-refractivity contribution in [2.45, 2.75) is 63.5 Å². The average Bonchev–Trinajstić information content (AvgIpc) is 3.43. The van der Waals surface area contributed by atoms with Gasteiger partial charge in [-0.2, -0.15) is 9.97 Å². The number of nitrogens with one attached hydrogen (secondary N) is 2. The van der Waals surface area contributed by atoms with E-state index in [0.29, 0.717) is 54.9 Å². The van der Waals surface area contributed by atoms with Crippen LogP contribution in [0.4, 0.5) is 20.5 Å². The molecule has 0 atom stereocenters. The van der Waals surface area contributed by atoms with Gasteiger partial charge >= 0.3 is 0 Å². The summed E-state index contributed by atoms with van der Waals surface area (Å²) >= 11 is 0. The van der Waals surface area contributed by atoms with Crippen LogP contribution in [-0.2, 0) is 14.9 Å². The number of anilines is 2. The Labute approximate surface area is 249 Å². The molecule has 1 aliphatic carbocycles. The molecule has 3 heterocycles. The number of fused-ring (bicyclic) bond motifs is 1. The van der Waals surface area contributed by atoms with Crippen LogP contribution in [0, 0.1) is 0 Å². The van der Waals surface area contributed by atoms with Crippen LogP contribution in [0.2, 0.25) is 0 Å². The number of nitrogens with zero attached hydrogens (tertiary/aromatic N) is 5. The Morgan fingerprint density at radius 1 is 0.907 bits per heavy atom. The monoisotopic (exact) mass is 589 g/mol. The number of imidazole rings is 1. The lowest BCUT2D eigenvalue weighted by Crippen LogP contribution is -2.47. The number of carbonyl (C=O) groups excluding carboxylic acids is 1. The molecule has 11 heteroatoms. The standard InChI is InChI=1S/C32H37F2N7O2/c1-32(2,21-8-4-3-5-9-21)30(42)35-22-12-14-23(15-13-22)36-31-38-26(40-16-18-43-19-17-40)20-27(39-31)41-25-11-7-6-10-24(25)37-29(41)28(33)34/h3-11,20,22-23,28H,12-19H2,1-2H3,(H,35,42)(H,36,38,39)/t22-,23-. The molecule has 0 radical (unpaired) electrons. The van der Waals surface area contributed by atoms with Crippen LogP contribution >= 0.6 is 0 Å². The Balaban J connectivity index is 1.21. The van der Waals surface area contributed by atoms with Gasteiger partial charge in [0.2, 0.25) is 11.9 Å². The van der Waals surface area contributed by atoms with Crippen LogP contribution in [0.5, 0.6) is 0 Å². The lowest BCUT2D eigenvalue weighted by atomic mass is 9.82. The van der Waals surface area contributed by atoms with Crippen LogP contribution in [0.1, 0.15) is 57.3 Å². The Hall–Kier alpha value is -4.12. The first-order valence-electron chi connectivity index (χ1n) is 14.9. The van der Waals surface area contributed by atoms with Gasteiger partial charge in [-0.1, -0.05) is 42.5 Å². The van der Waals surface area contributed by atoms with Crippen LogP contribution in [-0.4, -0.2) is 63.8 Å². The maximum atomic E-state index is 14.2. The molecule has 1 saturated heterocycles. The number of amides is 1. The number of alkyl halides is 2. The summed E-state index contributed by atoms with van der Waals surface area (Å²) in [5.41, 5.74) is 1.39. The molecule has 2 aromatic carbocycles. The van der Waals surface area contributed by atoms with Crippen LogP contribution in [0.3, 0.4) is 0 Å². The molecule has 0 bridgehead atoms. The maximum Gasteiger partial charge on any atom is 0.296 e. The fraction of sp³-hybridized carbons (Fsp3) is 0.438. The van der Waals surface area contributed by atoms with E-state index in [1.54, 1.807) is 30.3 Å². The van der Waals surface area contributed by atoms with Gasteiger partial charge in [0.15, 0.2) is 5.82 Å². The third-order valence-corrected chi connectivity index (χ3v) is 8.50. The molecule has 0 spiro atoms. The Bertz CT molecular complexity index is 1560. The zero-order chi connectivity index (χ0) is 30.0. The minimum atomic E-state index is -2.78. The van der Waals surface area contributed by atoms with E-state index in [1.165, 1.54) is 4.57 Å². The highest BCUT2D eigenvalue weighted by molar-refractivity contribution is 5.87. The summed E-state index contributed by atoms with van der Waals surface area (Å²) in [6.45, 7) is 6.32. The summed E-state index contributed by atoms with van der Waals surface area (Å²) < 4.78 is 35.3. The van der Waals surface area contributed by atoms with Crippen molar-refractivity contribution >= 4 is 28.7 Å². The molecule has 43 heavy (non-hydrogen) atoms. The predicted molar refractivity (Wildman–Crippen MR) is 162 cm³/mol. The molecule has 6 rings (SSSR count). The molecular weight excluding hydrogens is 552 g/mol. The first-order valence-corrected chi connectivity index (χ1v) is 14.9. The van der Waals surface area contributed by atoms with E-state index >= 15 is 0 Å². The van der Waals surface area contributed by atoms with Gasteiger partial charge in [0.25, 0.3) is 6.43 Å². The molecular formula is C32H37F2N7O2. The molecule has 1 aliphatic heterocycles. The Morgan fingerprint density at radius 3 is 2.28 bits per heavy atom. The van der Waals surface area contributed by atoms with Crippen LogP contribution in [0.15, 0.2) is 60.7 Å². The first-order chi connectivity index (χ1) is 20.8. The highest BCUT2D eigenvalue weighted by atomic mass is 19.3. The summed E-state index contributed by atoms with van der Waals surface area (Å²) in [7, 11) is 0. The number of morpholine rings is 1. The lowest BCUT2D eigenvalue weighted by molar-refractivity contribution is -0.126. The molecule has 1 amide bonds. The lowest BCUT2D eigenvalue weighted by Gasteiger charge is -2.33. The quantitative estimate of drug-likeness (QED) is 0.284. The van der Waals surface area contributed by atoms with E-state index in [9.17, 15) is 13.6 Å². The van der Waals surface area contributed by atoms with Crippen LogP contribution < -0.4 is 15.5 Å². The molecule has 4 aromatic rings. The highest BCUT2D eigenvalue weighted by Crippen LogP contribution is 2.31. The maximum absolute atomic E-state index is 14.2. The number of benzene rings is 2. The van der Waals surface area contributed by atoms with Crippen molar-refractivity contribution in [3.63, 3.8) is 0 Å². The number of hydrogen-bond donors (Lipinski definition) is 2. The number of ether oxygens (including phenoxy) is 1. The number of halogens is 2. The van der Waals surface area contributed by atoms with Gasteiger partial charge in [-0.05, 0) is 57.2 Å². The van der Waals surface area contributed by atoms with E-state index < -0.39 is 11.8 Å². The predicted octanol–water partition coefficient (Wildman–Crippen LogP) is 5.41. The van der Waals surface area contributed by atoms with Crippen molar-refractivity contribution < 1.29 is 18.3 Å². The van der Waals surface area contributed by atoms with Gasteiger partial charge in [0.05, 0.1) is 29.7 Å². The third-order valence-electron chi connectivity index (χ3n) is 8.50. The number of carbonyl (C=O) groups is 1. The minimum absolute atomic E-state index is 0.0173. The molecule has 9 nitrogen and oxygen atoms in total. The van der Waals surface area contributed by atoms with Gasteiger partial charge in [-0.25, -0.2) is 13.8 Å². The number of para-hydroxylation sites is 2. The molecule has 1 saturated carbocycles. The van der Waals surface area contributed by atoms with E-state index in [4.69, 9.17) is 14.7 Å². The Morgan fingerprint density at radius 2 is 1.56 bits per heavy atom. The summed E-state index contributed by atoms with van der Waals surface area (Å²) in [6.07, 6.45) is 0.474. The van der Waals surface area contributed by atoms with Gasteiger partial charge in [0, 0.05) is 31.2 Å². The second-order valence-electron chi connectivity index (χ2n) is 11.8. The minimum Gasteiger partial charge on any atom is -0.378 e. The third kappa shape index (κ3) is 6.17. The van der Waals surface area contributed by atoms with Gasteiger partial charge in [-0.3, -0.25) is 9.36 Å². The summed E-state index contributed by atoms with van der Waals surface area (Å²) in [6, 6.07) is 18.8. The van der Waals surface area contributed by atoms with Gasteiger partial charge in [-0.15, -0.1) is 0 Å². The number of rotatable bonds is 8. The second kappa shape index (κ2) is 12.2. The normalized spacial score (nSPS) is 19.5. The van der Waals surface area contributed by atoms with E-state index in [1.807, 2.05) is 44.2 Å². The smallest absolute Gasteiger partial charge is 0.296 e. The molecule has 226 valence electrons. The Kier molecular flexibility index (Phi) is 8.25. The molecule has 2 N–H and O–H groups in total. The van der Waals surface area contributed by atoms with Crippen molar-refractivity contribution in [1.29, 1.82) is 0 Å². The van der Waals surface area contributed by atoms with E-state index in [-0.39, 0.29) is 23.8 Å². The van der Waals surface area contributed by atoms with E-state index in [0.717, 1.165) is 31.2 Å². The summed E-state index contributed by atoms with van der Waals surface area (Å²) in [5, 5.41) is 6.73. The van der Waals surface area contributed by atoms with Crippen molar-refractivity contribution in [1.82, 2.24) is 24.8 Å². The molecule has 2 aliphatic rings. The van der Waals surface area contributed by atoms with E-state index in [2.05, 4.69) is 20.5 Å². The summed E-state index contributed by atoms with van der Waals surface area (Å²) in [4.78, 5) is 29.0. The molecule has 0 unspecified atom stereocenters. The number of aromatic nitrogens is 4. The SMILES string of the molecule is CC(C)(C(=O)N[C@H]1CC[C@H](Nc2nc(N3CCOCC3)cc(-n3c(C(F)F)nc4ccccc43)n2)CC1)c1ccccc1. The average molecular weight is 590 g/mol. The van der Waals surface area contributed by atoms with Gasteiger partial charge in [0.1, 0.15) is 11.6 Å². The fourth-order valence-corrected chi connectivity index (χ4v) is 5.90. The largest absolute Gasteiger partial charge is 0.378 e.